The van der Waals surface area contributed by atoms with E-state index in [0.717, 1.165) is 10.5 Å². The lowest BCUT2D eigenvalue weighted by Gasteiger charge is -2.11. The molecular formula is C14H14N6O2S. The third-order valence-corrected chi connectivity index (χ3v) is 3.94. The van der Waals surface area contributed by atoms with Gasteiger partial charge in [-0.1, -0.05) is 29.5 Å². The summed E-state index contributed by atoms with van der Waals surface area (Å²) in [6.45, 7) is 3.39. The molecule has 0 aliphatic rings. The quantitative estimate of drug-likeness (QED) is 0.670. The molecule has 0 radical (unpaired) electrons. The second-order valence-corrected chi connectivity index (χ2v) is 6.11. The van der Waals surface area contributed by atoms with Gasteiger partial charge in [0.2, 0.25) is 11.0 Å². The van der Waals surface area contributed by atoms with Crippen LogP contribution in [0.3, 0.4) is 0 Å². The van der Waals surface area contributed by atoms with Crippen LogP contribution in [0, 0.1) is 6.92 Å². The van der Waals surface area contributed by atoms with Gasteiger partial charge in [0, 0.05) is 5.39 Å². The van der Waals surface area contributed by atoms with Crippen molar-refractivity contribution in [3.63, 3.8) is 0 Å². The SMILES string of the molecule is Cc1nnc(NC(=O)C(C)NC(=O)c2n[nH]c3ccccc23)s1. The third-order valence-electron chi connectivity index (χ3n) is 3.18. The van der Waals surface area contributed by atoms with Gasteiger partial charge < -0.3 is 5.32 Å². The molecule has 23 heavy (non-hydrogen) atoms. The number of anilines is 1. The Kier molecular flexibility index (Phi) is 4.02. The maximum atomic E-state index is 12.3. The zero-order chi connectivity index (χ0) is 16.4. The minimum absolute atomic E-state index is 0.256. The Morgan fingerprint density at radius 2 is 2.04 bits per heavy atom. The summed E-state index contributed by atoms with van der Waals surface area (Å²) in [6, 6.07) is 6.56. The van der Waals surface area contributed by atoms with E-state index in [2.05, 4.69) is 31.0 Å². The number of benzene rings is 1. The van der Waals surface area contributed by atoms with Crippen molar-refractivity contribution >= 4 is 39.2 Å². The Balaban J connectivity index is 1.68. The molecular weight excluding hydrogens is 316 g/mol. The van der Waals surface area contributed by atoms with E-state index in [4.69, 9.17) is 0 Å². The van der Waals surface area contributed by atoms with Crippen LogP contribution in [0.2, 0.25) is 0 Å². The summed E-state index contributed by atoms with van der Waals surface area (Å²) in [5.74, 6) is -0.784. The van der Waals surface area contributed by atoms with E-state index >= 15 is 0 Å². The van der Waals surface area contributed by atoms with Crippen LogP contribution in [0.4, 0.5) is 5.13 Å². The fraction of sp³-hybridized carbons (Fsp3) is 0.214. The number of carbonyl (C=O) groups excluding carboxylic acids is 2. The molecule has 118 valence electrons. The number of aromatic amines is 1. The summed E-state index contributed by atoms with van der Waals surface area (Å²) in [6.07, 6.45) is 0. The molecule has 0 aliphatic heterocycles. The Labute approximate surface area is 135 Å². The Morgan fingerprint density at radius 1 is 1.26 bits per heavy atom. The highest BCUT2D eigenvalue weighted by molar-refractivity contribution is 7.15. The smallest absolute Gasteiger partial charge is 0.273 e. The second kappa shape index (κ2) is 6.13. The summed E-state index contributed by atoms with van der Waals surface area (Å²) in [7, 11) is 0. The molecule has 9 heteroatoms. The fourth-order valence-electron chi connectivity index (χ4n) is 2.03. The highest BCUT2D eigenvalue weighted by atomic mass is 32.1. The van der Waals surface area contributed by atoms with Crippen molar-refractivity contribution in [2.24, 2.45) is 0 Å². The number of nitrogens with one attached hydrogen (secondary N) is 3. The van der Waals surface area contributed by atoms with Gasteiger partial charge in [0.05, 0.1) is 5.52 Å². The zero-order valence-electron chi connectivity index (χ0n) is 12.5. The number of hydrogen-bond acceptors (Lipinski definition) is 6. The van der Waals surface area contributed by atoms with E-state index in [1.807, 2.05) is 18.2 Å². The molecule has 1 atom stereocenters. The summed E-state index contributed by atoms with van der Waals surface area (Å²) < 4.78 is 0. The van der Waals surface area contributed by atoms with Crippen molar-refractivity contribution in [1.82, 2.24) is 25.7 Å². The summed E-state index contributed by atoms with van der Waals surface area (Å²) in [4.78, 5) is 24.4. The molecule has 8 nitrogen and oxygen atoms in total. The monoisotopic (exact) mass is 330 g/mol. The average molecular weight is 330 g/mol. The summed E-state index contributed by atoms with van der Waals surface area (Å²) in [5, 5.41) is 21.5. The van der Waals surface area contributed by atoms with E-state index in [9.17, 15) is 9.59 Å². The van der Waals surface area contributed by atoms with E-state index in [1.54, 1.807) is 19.9 Å². The van der Waals surface area contributed by atoms with Gasteiger partial charge in [0.1, 0.15) is 11.0 Å². The number of aryl methyl sites for hydroxylation is 1. The van der Waals surface area contributed by atoms with Crippen LogP contribution in [0.25, 0.3) is 10.9 Å². The van der Waals surface area contributed by atoms with Gasteiger partial charge in [-0.05, 0) is 19.9 Å². The van der Waals surface area contributed by atoms with E-state index in [0.29, 0.717) is 10.5 Å². The van der Waals surface area contributed by atoms with Crippen LogP contribution in [-0.2, 0) is 4.79 Å². The van der Waals surface area contributed by atoms with E-state index in [1.165, 1.54) is 11.3 Å². The van der Waals surface area contributed by atoms with Crippen LogP contribution < -0.4 is 10.6 Å². The third kappa shape index (κ3) is 3.19. The highest BCUT2D eigenvalue weighted by Crippen LogP contribution is 2.16. The topological polar surface area (TPSA) is 113 Å². The van der Waals surface area contributed by atoms with Crippen LogP contribution in [0.5, 0.6) is 0 Å². The minimum atomic E-state index is -0.734. The number of amides is 2. The number of aromatic nitrogens is 4. The minimum Gasteiger partial charge on any atom is -0.339 e. The molecule has 2 amide bonds. The van der Waals surface area contributed by atoms with Gasteiger partial charge in [-0.2, -0.15) is 5.10 Å². The maximum Gasteiger partial charge on any atom is 0.273 e. The predicted octanol–water partition coefficient (Wildman–Crippen LogP) is 1.48. The number of fused-ring (bicyclic) bond motifs is 1. The first kappa shape index (κ1) is 15.1. The molecule has 0 spiro atoms. The van der Waals surface area contributed by atoms with Gasteiger partial charge in [-0.25, -0.2) is 0 Å². The molecule has 3 aromatic rings. The first-order chi connectivity index (χ1) is 11.0. The van der Waals surface area contributed by atoms with Gasteiger partial charge in [-0.3, -0.25) is 20.0 Å². The predicted molar refractivity (Wildman–Crippen MR) is 86.3 cm³/mol. The zero-order valence-corrected chi connectivity index (χ0v) is 13.3. The van der Waals surface area contributed by atoms with E-state index < -0.39 is 11.9 Å². The molecule has 0 saturated carbocycles. The molecule has 0 bridgehead atoms. The van der Waals surface area contributed by atoms with Crippen molar-refractivity contribution in [2.45, 2.75) is 19.9 Å². The lowest BCUT2D eigenvalue weighted by atomic mass is 10.2. The van der Waals surface area contributed by atoms with Gasteiger partial charge in [0.25, 0.3) is 5.91 Å². The average Bonchev–Trinajstić information content (AvgIpc) is 3.13. The van der Waals surface area contributed by atoms with Crippen LogP contribution >= 0.6 is 11.3 Å². The molecule has 1 unspecified atom stereocenters. The van der Waals surface area contributed by atoms with Gasteiger partial charge in [-0.15, -0.1) is 10.2 Å². The molecule has 3 rings (SSSR count). The van der Waals surface area contributed by atoms with Gasteiger partial charge in [0.15, 0.2) is 5.69 Å². The number of H-pyrrole nitrogens is 1. The number of nitrogens with zero attached hydrogens (tertiary/aromatic N) is 3. The lowest BCUT2D eigenvalue weighted by Crippen LogP contribution is -2.41. The Morgan fingerprint density at radius 3 is 2.78 bits per heavy atom. The maximum absolute atomic E-state index is 12.3. The fourth-order valence-corrected chi connectivity index (χ4v) is 2.62. The number of rotatable bonds is 4. The Hall–Kier alpha value is -2.81. The number of para-hydroxylation sites is 1. The van der Waals surface area contributed by atoms with Gasteiger partial charge >= 0.3 is 0 Å². The van der Waals surface area contributed by atoms with Crippen molar-refractivity contribution in [2.75, 3.05) is 5.32 Å². The normalized spacial score (nSPS) is 12.1. The molecule has 2 aromatic heterocycles. The highest BCUT2D eigenvalue weighted by Gasteiger charge is 2.20. The summed E-state index contributed by atoms with van der Waals surface area (Å²) in [5.41, 5.74) is 1.02. The Bertz CT molecular complexity index is 871. The molecule has 0 saturated heterocycles. The molecule has 1 aromatic carbocycles. The molecule has 2 heterocycles. The van der Waals surface area contributed by atoms with Crippen molar-refractivity contribution in [3.05, 3.63) is 35.0 Å². The molecule has 0 aliphatic carbocycles. The van der Waals surface area contributed by atoms with Crippen molar-refractivity contribution in [3.8, 4) is 0 Å². The summed E-state index contributed by atoms with van der Waals surface area (Å²) >= 11 is 1.27. The first-order valence-electron chi connectivity index (χ1n) is 6.89. The van der Waals surface area contributed by atoms with Crippen molar-refractivity contribution in [1.29, 1.82) is 0 Å². The van der Waals surface area contributed by atoms with Crippen LogP contribution in [0.1, 0.15) is 22.4 Å². The molecule has 0 fully saturated rings. The largest absolute Gasteiger partial charge is 0.339 e. The van der Waals surface area contributed by atoms with Crippen LogP contribution in [-0.4, -0.2) is 38.3 Å². The molecule has 3 N–H and O–H groups in total. The second-order valence-electron chi connectivity index (χ2n) is 4.93. The number of hydrogen-bond donors (Lipinski definition) is 3. The van der Waals surface area contributed by atoms with E-state index in [-0.39, 0.29) is 11.6 Å². The van der Waals surface area contributed by atoms with Crippen molar-refractivity contribution < 1.29 is 9.59 Å². The standard InChI is InChI=1S/C14H14N6O2S/c1-7(12(21)16-14-20-17-8(2)23-14)15-13(22)11-9-5-3-4-6-10(9)18-19-11/h3-7H,1-2H3,(H,15,22)(H,18,19)(H,16,20,21). The number of carbonyl (C=O) groups is 2. The van der Waals surface area contributed by atoms with Crippen LogP contribution in [0.15, 0.2) is 24.3 Å². The lowest BCUT2D eigenvalue weighted by molar-refractivity contribution is -0.117. The first-order valence-corrected chi connectivity index (χ1v) is 7.71.